The maximum atomic E-state index is 13.4. The second kappa shape index (κ2) is 6.48. The molecule has 1 N–H and O–H groups in total. The van der Waals surface area contributed by atoms with Gasteiger partial charge in [0.15, 0.2) is 0 Å². The SMILES string of the molecule is CCNCC(Cc1cnn(C)c1)c1cccc(F)c1. The van der Waals surface area contributed by atoms with Crippen LogP contribution in [0.5, 0.6) is 0 Å². The first kappa shape index (κ1) is 13.7. The molecule has 0 bridgehead atoms. The van der Waals surface area contributed by atoms with Crippen molar-refractivity contribution in [2.45, 2.75) is 19.3 Å². The van der Waals surface area contributed by atoms with Gasteiger partial charge < -0.3 is 5.32 Å². The van der Waals surface area contributed by atoms with Gasteiger partial charge in [0.25, 0.3) is 0 Å². The molecular weight excluding hydrogens is 241 g/mol. The Balaban J connectivity index is 2.15. The molecule has 1 unspecified atom stereocenters. The maximum absolute atomic E-state index is 13.4. The molecule has 0 spiro atoms. The third-order valence-corrected chi connectivity index (χ3v) is 3.20. The van der Waals surface area contributed by atoms with Crippen LogP contribution in [-0.2, 0) is 13.5 Å². The molecule has 1 heterocycles. The lowest BCUT2D eigenvalue weighted by atomic mass is 9.93. The molecule has 1 aromatic carbocycles. The lowest BCUT2D eigenvalue weighted by Gasteiger charge is -2.17. The average Bonchev–Trinajstić information content (AvgIpc) is 2.80. The summed E-state index contributed by atoms with van der Waals surface area (Å²) in [5, 5.41) is 7.53. The Kier molecular flexibility index (Phi) is 4.68. The van der Waals surface area contributed by atoms with E-state index >= 15 is 0 Å². The molecule has 0 radical (unpaired) electrons. The van der Waals surface area contributed by atoms with Gasteiger partial charge in [-0.3, -0.25) is 4.68 Å². The topological polar surface area (TPSA) is 29.9 Å². The van der Waals surface area contributed by atoms with Crippen molar-refractivity contribution in [1.82, 2.24) is 15.1 Å². The summed E-state index contributed by atoms with van der Waals surface area (Å²) in [5.74, 6) is 0.0880. The van der Waals surface area contributed by atoms with Crippen LogP contribution >= 0.6 is 0 Å². The van der Waals surface area contributed by atoms with E-state index in [-0.39, 0.29) is 11.7 Å². The van der Waals surface area contributed by atoms with Gasteiger partial charge in [-0.2, -0.15) is 5.10 Å². The van der Waals surface area contributed by atoms with E-state index < -0.39 is 0 Å². The molecule has 2 rings (SSSR count). The van der Waals surface area contributed by atoms with Crippen LogP contribution < -0.4 is 5.32 Å². The Labute approximate surface area is 113 Å². The van der Waals surface area contributed by atoms with Crippen molar-refractivity contribution >= 4 is 0 Å². The molecule has 0 amide bonds. The second-order valence-electron chi connectivity index (χ2n) is 4.79. The first-order valence-corrected chi connectivity index (χ1v) is 6.62. The van der Waals surface area contributed by atoms with E-state index in [9.17, 15) is 4.39 Å². The van der Waals surface area contributed by atoms with E-state index in [2.05, 4.69) is 17.3 Å². The molecule has 2 aromatic rings. The van der Waals surface area contributed by atoms with Gasteiger partial charge in [-0.15, -0.1) is 0 Å². The summed E-state index contributed by atoms with van der Waals surface area (Å²) in [6, 6.07) is 6.87. The Morgan fingerprint density at radius 2 is 2.26 bits per heavy atom. The molecule has 4 heteroatoms. The monoisotopic (exact) mass is 261 g/mol. The standard InChI is InChI=1S/C15H20FN3/c1-3-17-10-14(7-12-9-18-19(2)11-12)13-5-4-6-15(16)8-13/h4-6,8-9,11,14,17H,3,7,10H2,1-2H3. The Bertz CT molecular complexity index is 522. The molecule has 0 aliphatic rings. The average molecular weight is 261 g/mol. The van der Waals surface area contributed by atoms with Gasteiger partial charge in [0.2, 0.25) is 0 Å². The molecular formula is C15H20FN3. The number of nitrogens with zero attached hydrogens (tertiary/aromatic N) is 2. The molecule has 0 fully saturated rings. The second-order valence-corrected chi connectivity index (χ2v) is 4.79. The Morgan fingerprint density at radius 1 is 1.42 bits per heavy atom. The first-order chi connectivity index (χ1) is 9.19. The molecule has 3 nitrogen and oxygen atoms in total. The van der Waals surface area contributed by atoms with Crippen molar-refractivity contribution in [3.63, 3.8) is 0 Å². The Morgan fingerprint density at radius 3 is 2.89 bits per heavy atom. The number of benzene rings is 1. The molecule has 102 valence electrons. The van der Waals surface area contributed by atoms with Gasteiger partial charge in [-0.05, 0) is 36.2 Å². The van der Waals surface area contributed by atoms with E-state index in [4.69, 9.17) is 0 Å². The van der Waals surface area contributed by atoms with E-state index in [1.807, 2.05) is 25.5 Å². The normalized spacial score (nSPS) is 12.6. The number of likely N-dealkylation sites (N-methyl/N-ethyl adjacent to an activating group) is 1. The highest BCUT2D eigenvalue weighted by molar-refractivity contribution is 5.23. The third kappa shape index (κ3) is 3.89. The zero-order valence-corrected chi connectivity index (χ0v) is 11.4. The van der Waals surface area contributed by atoms with Gasteiger partial charge in [0.1, 0.15) is 5.82 Å². The number of hydrogen-bond acceptors (Lipinski definition) is 2. The molecule has 0 saturated heterocycles. The van der Waals surface area contributed by atoms with Gasteiger partial charge in [-0.25, -0.2) is 4.39 Å². The molecule has 0 aliphatic carbocycles. The van der Waals surface area contributed by atoms with Gasteiger partial charge in [-0.1, -0.05) is 19.1 Å². The maximum Gasteiger partial charge on any atom is 0.123 e. The predicted octanol–water partition coefficient (Wildman–Crippen LogP) is 2.50. The summed E-state index contributed by atoms with van der Waals surface area (Å²) in [6.45, 7) is 3.83. The zero-order valence-electron chi connectivity index (χ0n) is 11.4. The molecule has 1 aromatic heterocycles. The highest BCUT2D eigenvalue weighted by atomic mass is 19.1. The molecule has 1 atom stereocenters. The molecule has 0 aliphatic heterocycles. The van der Waals surface area contributed by atoms with Crippen molar-refractivity contribution < 1.29 is 4.39 Å². The summed E-state index contributed by atoms with van der Waals surface area (Å²) < 4.78 is 15.2. The number of halogens is 1. The fraction of sp³-hybridized carbons (Fsp3) is 0.400. The highest BCUT2D eigenvalue weighted by Crippen LogP contribution is 2.21. The number of nitrogens with one attached hydrogen (secondary N) is 1. The van der Waals surface area contributed by atoms with Crippen molar-refractivity contribution in [3.05, 3.63) is 53.6 Å². The quantitative estimate of drug-likeness (QED) is 0.866. The lowest BCUT2D eigenvalue weighted by molar-refractivity contribution is 0.582. The van der Waals surface area contributed by atoms with Crippen LogP contribution in [-0.4, -0.2) is 22.9 Å². The van der Waals surface area contributed by atoms with E-state index in [1.165, 1.54) is 11.6 Å². The molecule has 19 heavy (non-hydrogen) atoms. The lowest BCUT2D eigenvalue weighted by Crippen LogP contribution is -2.22. The van der Waals surface area contributed by atoms with E-state index in [1.54, 1.807) is 16.8 Å². The van der Waals surface area contributed by atoms with Crippen LogP contribution in [0.25, 0.3) is 0 Å². The van der Waals surface area contributed by atoms with E-state index in [0.29, 0.717) is 0 Å². The van der Waals surface area contributed by atoms with Crippen molar-refractivity contribution in [2.75, 3.05) is 13.1 Å². The fourth-order valence-corrected chi connectivity index (χ4v) is 2.25. The van der Waals surface area contributed by atoms with Crippen LogP contribution in [0.2, 0.25) is 0 Å². The summed E-state index contributed by atoms with van der Waals surface area (Å²) in [7, 11) is 1.91. The van der Waals surface area contributed by atoms with Gasteiger partial charge in [0.05, 0.1) is 6.20 Å². The third-order valence-electron chi connectivity index (χ3n) is 3.20. The number of aryl methyl sites for hydroxylation is 1. The van der Waals surface area contributed by atoms with Gasteiger partial charge in [0, 0.05) is 25.7 Å². The van der Waals surface area contributed by atoms with Crippen LogP contribution in [0.3, 0.4) is 0 Å². The van der Waals surface area contributed by atoms with Crippen molar-refractivity contribution in [2.24, 2.45) is 7.05 Å². The summed E-state index contributed by atoms with van der Waals surface area (Å²) in [5.41, 5.74) is 2.21. The predicted molar refractivity (Wildman–Crippen MR) is 74.6 cm³/mol. The highest BCUT2D eigenvalue weighted by Gasteiger charge is 2.13. The number of rotatable bonds is 6. The van der Waals surface area contributed by atoms with Crippen LogP contribution in [0.4, 0.5) is 4.39 Å². The van der Waals surface area contributed by atoms with Crippen molar-refractivity contribution in [3.8, 4) is 0 Å². The summed E-state index contributed by atoms with van der Waals surface area (Å²) in [4.78, 5) is 0. The summed E-state index contributed by atoms with van der Waals surface area (Å²) >= 11 is 0. The van der Waals surface area contributed by atoms with Crippen LogP contribution in [0.15, 0.2) is 36.7 Å². The van der Waals surface area contributed by atoms with Gasteiger partial charge >= 0.3 is 0 Å². The minimum atomic E-state index is -0.176. The largest absolute Gasteiger partial charge is 0.316 e. The number of aromatic nitrogens is 2. The van der Waals surface area contributed by atoms with Crippen LogP contribution in [0.1, 0.15) is 24.0 Å². The minimum absolute atomic E-state index is 0.176. The van der Waals surface area contributed by atoms with E-state index in [0.717, 1.165) is 25.1 Å². The van der Waals surface area contributed by atoms with Crippen molar-refractivity contribution in [1.29, 1.82) is 0 Å². The zero-order chi connectivity index (χ0) is 13.7. The fourth-order valence-electron chi connectivity index (χ4n) is 2.25. The minimum Gasteiger partial charge on any atom is -0.316 e. The Hall–Kier alpha value is -1.68. The van der Waals surface area contributed by atoms with Crippen LogP contribution in [0, 0.1) is 5.82 Å². The summed E-state index contributed by atoms with van der Waals surface area (Å²) in [6.07, 6.45) is 4.75. The number of hydrogen-bond donors (Lipinski definition) is 1. The smallest absolute Gasteiger partial charge is 0.123 e. The molecule has 0 saturated carbocycles. The first-order valence-electron chi connectivity index (χ1n) is 6.62.